The summed E-state index contributed by atoms with van der Waals surface area (Å²) in [5.74, 6) is -6.43. The monoisotopic (exact) mass is 693 g/mol. The van der Waals surface area contributed by atoms with Crippen LogP contribution < -0.4 is 16.2 Å². The number of H-pyrrole nitrogens is 1. The van der Waals surface area contributed by atoms with Crippen LogP contribution in [0, 0.1) is 5.82 Å². The number of hydrogen-bond donors (Lipinski definition) is 5. The maximum absolute atomic E-state index is 14.6. The van der Waals surface area contributed by atoms with E-state index in [1.807, 2.05) is 0 Å². The molecule has 0 saturated carbocycles. The number of carboxylic acids is 2. The molecule has 11 nitrogen and oxygen atoms in total. The first kappa shape index (κ1) is 37.3. The average molecular weight is 694 g/mol. The summed E-state index contributed by atoms with van der Waals surface area (Å²) in [6.07, 6.45) is -8.30. The molecular weight excluding hydrogens is 670 g/mol. The number of benzene rings is 1. The summed E-state index contributed by atoms with van der Waals surface area (Å²) < 4.78 is 79.6. The van der Waals surface area contributed by atoms with Crippen molar-refractivity contribution in [2.24, 2.45) is 0 Å². The number of halogens is 9. The first-order chi connectivity index (χ1) is 20.8. The Labute approximate surface area is 258 Å². The average Bonchev–Trinajstić information content (AvgIpc) is 3.32. The summed E-state index contributed by atoms with van der Waals surface area (Å²) in [5, 5.41) is 21.2. The molecule has 0 atom stereocenters. The van der Waals surface area contributed by atoms with Gasteiger partial charge in [-0.25, -0.2) is 14.0 Å². The molecule has 45 heavy (non-hydrogen) atoms. The van der Waals surface area contributed by atoms with Gasteiger partial charge >= 0.3 is 24.3 Å². The van der Waals surface area contributed by atoms with Crippen LogP contribution in [-0.2, 0) is 16.0 Å². The molecule has 3 aromatic rings. The Morgan fingerprint density at radius 3 is 1.87 bits per heavy atom. The number of alkyl halides is 6. The van der Waals surface area contributed by atoms with Gasteiger partial charge in [0.1, 0.15) is 16.5 Å². The van der Waals surface area contributed by atoms with E-state index in [1.54, 1.807) is 27.6 Å². The highest BCUT2D eigenvalue weighted by Crippen LogP contribution is 2.27. The molecule has 3 heterocycles. The highest BCUT2D eigenvalue weighted by atomic mass is 35.5. The van der Waals surface area contributed by atoms with Crippen LogP contribution in [0.4, 0.5) is 30.7 Å². The maximum atomic E-state index is 14.6. The molecule has 1 saturated heterocycles. The molecule has 248 valence electrons. The van der Waals surface area contributed by atoms with E-state index in [4.69, 9.17) is 43.0 Å². The Hall–Kier alpha value is -3.87. The number of carboxylic acid groups (broad SMARTS) is 2. The van der Waals surface area contributed by atoms with E-state index in [9.17, 15) is 40.3 Å². The van der Waals surface area contributed by atoms with E-state index >= 15 is 0 Å². The number of fused-ring (bicyclic) bond motifs is 1. The molecule has 1 aliphatic rings. The van der Waals surface area contributed by atoms with Crippen molar-refractivity contribution in [1.82, 2.24) is 24.9 Å². The first-order valence-electron chi connectivity index (χ1n) is 12.5. The van der Waals surface area contributed by atoms with Crippen molar-refractivity contribution in [1.29, 1.82) is 0 Å². The predicted molar refractivity (Wildman–Crippen MR) is 146 cm³/mol. The van der Waals surface area contributed by atoms with Gasteiger partial charge in [-0.3, -0.25) is 14.0 Å². The number of hydrogen-bond acceptors (Lipinski definition) is 6. The molecule has 0 aliphatic carbocycles. The summed E-state index contributed by atoms with van der Waals surface area (Å²) in [5.41, 5.74) is 1.39. The van der Waals surface area contributed by atoms with Crippen molar-refractivity contribution < 1.29 is 55.3 Å². The molecule has 1 amide bonds. The lowest BCUT2D eigenvalue weighted by atomic mass is 10.0. The zero-order valence-electron chi connectivity index (χ0n) is 22.7. The Bertz CT molecular complexity index is 1540. The first-order valence-corrected chi connectivity index (χ1v) is 13.3. The molecule has 0 unspecified atom stereocenters. The third kappa shape index (κ3) is 10.9. The Kier molecular flexibility index (Phi) is 13.2. The van der Waals surface area contributed by atoms with Crippen LogP contribution in [0.15, 0.2) is 35.3 Å². The van der Waals surface area contributed by atoms with Crippen molar-refractivity contribution >= 4 is 46.6 Å². The molecule has 1 fully saturated rings. The van der Waals surface area contributed by atoms with E-state index in [0.29, 0.717) is 49.4 Å². The fraction of sp³-hybridized carbons (Fsp3) is 0.360. The molecule has 0 spiro atoms. The van der Waals surface area contributed by atoms with E-state index in [0.717, 1.165) is 13.1 Å². The Balaban J connectivity index is 0.000000421. The molecule has 1 aliphatic heterocycles. The van der Waals surface area contributed by atoms with Gasteiger partial charge in [-0.05, 0) is 23.8 Å². The number of carbonyl (C=O) groups excluding carboxylic acids is 1. The van der Waals surface area contributed by atoms with Gasteiger partial charge in [-0.2, -0.15) is 26.3 Å². The van der Waals surface area contributed by atoms with Crippen LogP contribution in [0.3, 0.4) is 0 Å². The predicted octanol–water partition coefficient (Wildman–Crippen LogP) is 3.57. The summed E-state index contributed by atoms with van der Waals surface area (Å²) in [4.78, 5) is 47.2. The smallest absolute Gasteiger partial charge is 0.475 e. The van der Waals surface area contributed by atoms with Gasteiger partial charge in [0.05, 0.1) is 10.6 Å². The molecular formula is C25H24Cl2F7N5O6. The molecule has 5 N–H and O–H groups in total. The van der Waals surface area contributed by atoms with Crippen LogP contribution in [-0.4, -0.2) is 94.0 Å². The number of aromatic nitrogens is 2. The summed E-state index contributed by atoms with van der Waals surface area (Å²) in [7, 11) is 0. The third-order valence-electron chi connectivity index (χ3n) is 5.80. The van der Waals surface area contributed by atoms with Crippen LogP contribution in [0.25, 0.3) is 5.52 Å². The second-order valence-electron chi connectivity index (χ2n) is 9.00. The lowest BCUT2D eigenvalue weighted by Gasteiger charge is -2.22. The zero-order valence-corrected chi connectivity index (χ0v) is 24.2. The van der Waals surface area contributed by atoms with Crippen LogP contribution in [0.1, 0.15) is 21.6 Å². The van der Waals surface area contributed by atoms with E-state index in [1.165, 1.54) is 12.1 Å². The molecule has 20 heteroatoms. The zero-order chi connectivity index (χ0) is 34.1. The van der Waals surface area contributed by atoms with Gasteiger partial charge in [0, 0.05) is 57.6 Å². The van der Waals surface area contributed by atoms with E-state index < -0.39 is 30.1 Å². The van der Waals surface area contributed by atoms with Crippen molar-refractivity contribution in [3.8, 4) is 0 Å². The van der Waals surface area contributed by atoms with E-state index in [2.05, 4.69) is 15.6 Å². The quantitative estimate of drug-likeness (QED) is 0.261. The van der Waals surface area contributed by atoms with Gasteiger partial charge in [0.2, 0.25) is 0 Å². The summed E-state index contributed by atoms with van der Waals surface area (Å²) in [6, 6.07) is 5.96. The number of aliphatic carboxylic acids is 2. The number of carbonyl (C=O) groups is 3. The SMILES string of the molecule is O=C(O)C(F)(F)F.O=C(O)C(F)(F)F.O=C(c1cc(Cc2c[nH]c(=O)c3cc(Cl)c(Cl)n23)ccc1F)N1CCNCCNCC1. The van der Waals surface area contributed by atoms with Crippen LogP contribution >= 0.6 is 23.2 Å². The molecule has 0 bridgehead atoms. The molecule has 4 rings (SSSR count). The lowest BCUT2D eigenvalue weighted by molar-refractivity contribution is -0.193. The minimum atomic E-state index is -5.08. The highest BCUT2D eigenvalue weighted by molar-refractivity contribution is 6.42. The van der Waals surface area contributed by atoms with Gasteiger partial charge in [-0.1, -0.05) is 29.3 Å². The van der Waals surface area contributed by atoms with Crippen LogP contribution in [0.2, 0.25) is 10.2 Å². The minimum Gasteiger partial charge on any atom is -0.475 e. The summed E-state index contributed by atoms with van der Waals surface area (Å²) in [6.45, 7) is 3.95. The van der Waals surface area contributed by atoms with Crippen molar-refractivity contribution in [2.75, 3.05) is 39.3 Å². The highest BCUT2D eigenvalue weighted by Gasteiger charge is 2.38. The number of aromatic amines is 1. The second-order valence-corrected chi connectivity index (χ2v) is 9.77. The number of nitrogens with one attached hydrogen (secondary N) is 3. The van der Waals surface area contributed by atoms with Crippen LogP contribution in [0.5, 0.6) is 0 Å². The molecule has 2 aromatic heterocycles. The number of rotatable bonds is 3. The van der Waals surface area contributed by atoms with Gasteiger partial charge in [0.25, 0.3) is 11.5 Å². The minimum absolute atomic E-state index is 0.0223. The third-order valence-corrected chi connectivity index (χ3v) is 6.56. The van der Waals surface area contributed by atoms with E-state index in [-0.39, 0.29) is 27.2 Å². The van der Waals surface area contributed by atoms with Crippen molar-refractivity contribution in [3.05, 3.63) is 73.6 Å². The van der Waals surface area contributed by atoms with Crippen molar-refractivity contribution in [3.63, 3.8) is 0 Å². The topological polar surface area (TPSA) is 156 Å². The van der Waals surface area contributed by atoms with Crippen molar-refractivity contribution in [2.45, 2.75) is 18.8 Å². The standard InChI is InChI=1S/C21H22Cl2FN5O2.2C2HF3O2/c22-16-11-18-20(30)27-12-14(29(18)19(16)23)9-13-1-2-17(24)15(10-13)21(31)28-7-5-25-3-4-26-6-8-28;2*3-2(4,5)1(6)7/h1-2,10-12,25-26H,3-9H2,(H,27,30);2*(H,6,7). The number of nitrogens with zero attached hydrogens (tertiary/aromatic N) is 2. The number of amides is 1. The lowest BCUT2D eigenvalue weighted by Crippen LogP contribution is -2.39. The largest absolute Gasteiger partial charge is 0.490 e. The Morgan fingerprint density at radius 2 is 1.38 bits per heavy atom. The fourth-order valence-electron chi connectivity index (χ4n) is 3.72. The summed E-state index contributed by atoms with van der Waals surface area (Å²) >= 11 is 12.4. The maximum Gasteiger partial charge on any atom is 0.490 e. The normalized spacial score (nSPS) is 14.2. The van der Waals surface area contributed by atoms with Gasteiger partial charge in [-0.15, -0.1) is 0 Å². The second kappa shape index (κ2) is 15.9. The van der Waals surface area contributed by atoms with Gasteiger partial charge in [0.15, 0.2) is 0 Å². The fourth-order valence-corrected chi connectivity index (χ4v) is 4.16. The molecule has 1 aromatic carbocycles. The molecule has 0 radical (unpaired) electrons. The van der Waals surface area contributed by atoms with Gasteiger partial charge < -0.3 is 30.7 Å². The Morgan fingerprint density at radius 1 is 0.867 bits per heavy atom.